The van der Waals surface area contributed by atoms with Crippen LogP contribution in [0.1, 0.15) is 17.0 Å². The van der Waals surface area contributed by atoms with Crippen LogP contribution in [0.5, 0.6) is 0 Å². The summed E-state index contributed by atoms with van der Waals surface area (Å²) in [5, 5.41) is 0.960. The predicted octanol–water partition coefficient (Wildman–Crippen LogP) is 5.93. The molecule has 0 bridgehead atoms. The largest absolute Gasteiger partial charge is 0.0921 e. The number of rotatable bonds is 4. The smallest absolute Gasteiger partial charge is 0.0210 e. The summed E-state index contributed by atoms with van der Waals surface area (Å²) >= 11 is 10.8. The van der Waals surface area contributed by atoms with Crippen molar-refractivity contribution in [1.29, 1.82) is 0 Å². The summed E-state index contributed by atoms with van der Waals surface area (Å²) in [4.78, 5) is 0. The van der Waals surface area contributed by atoms with Gasteiger partial charge >= 0.3 is 0 Å². The Labute approximate surface area is 133 Å². The van der Waals surface area contributed by atoms with E-state index in [2.05, 4.69) is 96.3 Å². The van der Waals surface area contributed by atoms with Crippen molar-refractivity contribution in [2.45, 2.75) is 12.3 Å². The first-order valence-corrected chi connectivity index (χ1v) is 8.46. The van der Waals surface area contributed by atoms with Crippen LogP contribution in [0.3, 0.4) is 0 Å². The first-order chi connectivity index (χ1) is 8.70. The standard InChI is InChI=1S/C15H13Br3/c16-10-12(14-6-1-2-7-15(14)18)8-11-4-3-5-13(17)9-11/h1-7,9,12H,8,10H2. The average Bonchev–Trinajstić information content (AvgIpc) is 2.37. The first-order valence-electron chi connectivity index (χ1n) is 5.75. The quantitative estimate of drug-likeness (QED) is 0.525. The van der Waals surface area contributed by atoms with Gasteiger partial charge in [-0.25, -0.2) is 0 Å². The number of halogens is 3. The van der Waals surface area contributed by atoms with Crippen LogP contribution in [0.25, 0.3) is 0 Å². The molecule has 0 fully saturated rings. The molecule has 2 aromatic rings. The van der Waals surface area contributed by atoms with Crippen molar-refractivity contribution >= 4 is 47.8 Å². The van der Waals surface area contributed by atoms with Gasteiger partial charge in [0.25, 0.3) is 0 Å². The van der Waals surface area contributed by atoms with Crippen molar-refractivity contribution in [3.63, 3.8) is 0 Å². The summed E-state index contributed by atoms with van der Waals surface area (Å²) in [6.45, 7) is 0. The Morgan fingerprint density at radius 3 is 2.39 bits per heavy atom. The Morgan fingerprint density at radius 2 is 1.72 bits per heavy atom. The van der Waals surface area contributed by atoms with Crippen molar-refractivity contribution in [2.75, 3.05) is 5.33 Å². The third-order valence-electron chi connectivity index (χ3n) is 2.90. The van der Waals surface area contributed by atoms with Crippen molar-refractivity contribution in [2.24, 2.45) is 0 Å². The van der Waals surface area contributed by atoms with E-state index >= 15 is 0 Å². The van der Waals surface area contributed by atoms with Gasteiger partial charge in [-0.3, -0.25) is 0 Å². The van der Waals surface area contributed by atoms with Crippen molar-refractivity contribution in [1.82, 2.24) is 0 Å². The molecule has 0 saturated heterocycles. The summed E-state index contributed by atoms with van der Waals surface area (Å²) in [6, 6.07) is 17.0. The summed E-state index contributed by atoms with van der Waals surface area (Å²) in [5.41, 5.74) is 2.71. The minimum absolute atomic E-state index is 0.481. The fourth-order valence-electron chi connectivity index (χ4n) is 2.00. The van der Waals surface area contributed by atoms with Gasteiger partial charge in [-0.15, -0.1) is 0 Å². The SMILES string of the molecule is BrCC(Cc1cccc(Br)c1)c1ccccc1Br. The van der Waals surface area contributed by atoms with E-state index in [1.165, 1.54) is 15.6 Å². The van der Waals surface area contributed by atoms with Gasteiger partial charge < -0.3 is 0 Å². The molecule has 0 radical (unpaired) electrons. The monoisotopic (exact) mass is 430 g/mol. The summed E-state index contributed by atoms with van der Waals surface area (Å²) in [7, 11) is 0. The molecule has 2 rings (SSSR count). The van der Waals surface area contributed by atoms with Crippen LogP contribution in [0.4, 0.5) is 0 Å². The third-order valence-corrected chi connectivity index (χ3v) is 4.90. The Morgan fingerprint density at radius 1 is 0.944 bits per heavy atom. The van der Waals surface area contributed by atoms with Gasteiger partial charge in [-0.05, 0) is 41.7 Å². The highest BCUT2D eigenvalue weighted by Gasteiger charge is 2.13. The van der Waals surface area contributed by atoms with E-state index in [9.17, 15) is 0 Å². The van der Waals surface area contributed by atoms with E-state index in [1.807, 2.05) is 0 Å². The van der Waals surface area contributed by atoms with Crippen molar-refractivity contribution in [3.8, 4) is 0 Å². The molecule has 1 atom stereocenters. The second-order valence-corrected chi connectivity index (χ2v) is 6.62. The molecular weight excluding hydrogens is 420 g/mol. The van der Waals surface area contributed by atoms with Crippen molar-refractivity contribution < 1.29 is 0 Å². The molecule has 1 unspecified atom stereocenters. The minimum Gasteiger partial charge on any atom is -0.0921 e. The molecule has 2 aromatic carbocycles. The van der Waals surface area contributed by atoms with Gasteiger partial charge in [0.05, 0.1) is 0 Å². The minimum atomic E-state index is 0.481. The lowest BCUT2D eigenvalue weighted by molar-refractivity contribution is 0.771. The zero-order chi connectivity index (χ0) is 13.0. The normalized spacial score (nSPS) is 12.4. The molecule has 0 spiro atoms. The maximum Gasteiger partial charge on any atom is 0.0210 e. The molecule has 0 N–H and O–H groups in total. The molecule has 0 amide bonds. The van der Waals surface area contributed by atoms with Gasteiger partial charge in [0.15, 0.2) is 0 Å². The highest BCUT2D eigenvalue weighted by Crippen LogP contribution is 2.29. The van der Waals surface area contributed by atoms with Gasteiger partial charge in [0.1, 0.15) is 0 Å². The van der Waals surface area contributed by atoms with E-state index in [0.29, 0.717) is 5.92 Å². The summed E-state index contributed by atoms with van der Waals surface area (Å²) < 4.78 is 2.32. The predicted molar refractivity (Wildman–Crippen MR) is 88.5 cm³/mol. The fourth-order valence-corrected chi connectivity index (χ4v) is 3.64. The fraction of sp³-hybridized carbons (Fsp3) is 0.200. The van der Waals surface area contributed by atoms with Crippen LogP contribution < -0.4 is 0 Å². The van der Waals surface area contributed by atoms with Crippen LogP contribution >= 0.6 is 47.8 Å². The molecule has 0 aliphatic rings. The van der Waals surface area contributed by atoms with E-state index in [0.717, 1.165) is 16.2 Å². The molecule has 0 aromatic heterocycles. The van der Waals surface area contributed by atoms with E-state index in [4.69, 9.17) is 0 Å². The van der Waals surface area contributed by atoms with Crippen LogP contribution in [0.2, 0.25) is 0 Å². The van der Waals surface area contributed by atoms with Crippen LogP contribution in [-0.4, -0.2) is 5.33 Å². The molecule has 18 heavy (non-hydrogen) atoms. The van der Waals surface area contributed by atoms with Crippen molar-refractivity contribution in [3.05, 3.63) is 68.6 Å². The zero-order valence-corrected chi connectivity index (χ0v) is 14.5. The van der Waals surface area contributed by atoms with E-state index in [1.54, 1.807) is 0 Å². The molecular formula is C15H13Br3. The zero-order valence-electron chi connectivity index (χ0n) is 9.74. The number of hydrogen-bond donors (Lipinski definition) is 0. The lowest BCUT2D eigenvalue weighted by atomic mass is 9.94. The highest BCUT2D eigenvalue weighted by atomic mass is 79.9. The first kappa shape index (κ1) is 14.3. The third kappa shape index (κ3) is 3.69. The maximum atomic E-state index is 3.64. The van der Waals surface area contributed by atoms with Crippen LogP contribution in [-0.2, 0) is 6.42 Å². The topological polar surface area (TPSA) is 0 Å². The maximum absolute atomic E-state index is 3.64. The van der Waals surface area contributed by atoms with E-state index < -0.39 is 0 Å². The molecule has 0 aliphatic heterocycles. The van der Waals surface area contributed by atoms with E-state index in [-0.39, 0.29) is 0 Å². The van der Waals surface area contributed by atoms with Gasteiger partial charge in [0.2, 0.25) is 0 Å². The second-order valence-electron chi connectivity index (χ2n) is 4.21. The summed E-state index contributed by atoms with van der Waals surface area (Å²) in [6.07, 6.45) is 1.04. The number of hydrogen-bond acceptors (Lipinski definition) is 0. The lowest BCUT2D eigenvalue weighted by Gasteiger charge is -2.16. The molecule has 0 heterocycles. The van der Waals surface area contributed by atoms with Crippen LogP contribution in [0.15, 0.2) is 57.5 Å². The molecule has 94 valence electrons. The summed E-state index contributed by atoms with van der Waals surface area (Å²) in [5.74, 6) is 0.481. The van der Waals surface area contributed by atoms with Gasteiger partial charge in [-0.2, -0.15) is 0 Å². The number of benzene rings is 2. The Kier molecular flexibility index (Phi) is 5.46. The molecule has 3 heteroatoms. The molecule has 0 nitrogen and oxygen atoms in total. The Bertz CT molecular complexity index is 523. The van der Waals surface area contributed by atoms with Crippen LogP contribution in [0, 0.1) is 0 Å². The second kappa shape index (κ2) is 6.88. The molecule has 0 saturated carbocycles. The lowest BCUT2D eigenvalue weighted by Crippen LogP contribution is -2.05. The number of alkyl halides is 1. The molecule has 0 aliphatic carbocycles. The Hall–Kier alpha value is -0.120. The van der Waals surface area contributed by atoms with Gasteiger partial charge in [0, 0.05) is 14.3 Å². The highest BCUT2D eigenvalue weighted by molar-refractivity contribution is 9.11. The van der Waals surface area contributed by atoms with Gasteiger partial charge in [-0.1, -0.05) is 78.1 Å². The average molecular weight is 433 g/mol. The Balaban J connectivity index is 2.23.